The molecule has 2 heterocycles. The summed E-state index contributed by atoms with van der Waals surface area (Å²) in [5, 5.41) is 4.28. The molecule has 0 radical (unpaired) electrons. The van der Waals surface area contributed by atoms with Gasteiger partial charge in [-0.05, 0) is 56.4 Å². The van der Waals surface area contributed by atoms with E-state index in [1.807, 2.05) is 0 Å². The summed E-state index contributed by atoms with van der Waals surface area (Å²) in [4.78, 5) is 4.22. The molecule has 0 saturated carbocycles. The number of nitrogens with one attached hydrogen (secondary N) is 1. The lowest BCUT2D eigenvalue weighted by atomic mass is 9.97. The lowest BCUT2D eigenvalue weighted by Crippen LogP contribution is -2.42. The van der Waals surface area contributed by atoms with Crippen LogP contribution in [0.3, 0.4) is 0 Å². The van der Waals surface area contributed by atoms with Crippen molar-refractivity contribution in [2.45, 2.75) is 36.3 Å². The fourth-order valence-electron chi connectivity index (χ4n) is 3.48. The Kier molecular flexibility index (Phi) is 5.03. The molecule has 2 aliphatic heterocycles. The predicted octanol–water partition coefficient (Wildman–Crippen LogP) is 3.02. The van der Waals surface area contributed by atoms with E-state index in [9.17, 15) is 0 Å². The summed E-state index contributed by atoms with van der Waals surface area (Å²) < 4.78 is 0. The fraction of sp³-hybridized carbons (Fsp3) is 0.647. The molecule has 0 aliphatic carbocycles. The van der Waals surface area contributed by atoms with Gasteiger partial charge in [0.15, 0.2) is 0 Å². The average Bonchev–Trinajstić information content (AvgIpc) is 2.87. The topological polar surface area (TPSA) is 15.3 Å². The van der Waals surface area contributed by atoms with Crippen molar-refractivity contribution in [1.82, 2.24) is 10.2 Å². The van der Waals surface area contributed by atoms with E-state index >= 15 is 0 Å². The summed E-state index contributed by atoms with van der Waals surface area (Å²) in [7, 11) is 0. The number of piperidine rings is 1. The maximum atomic E-state index is 3.51. The Labute approximate surface area is 127 Å². The molecule has 1 N–H and O–H groups in total. The molecule has 3 heteroatoms. The minimum absolute atomic E-state index is 0.769. The number of benzene rings is 1. The van der Waals surface area contributed by atoms with Crippen LogP contribution in [0.1, 0.15) is 25.3 Å². The molecule has 1 saturated heterocycles. The molecule has 0 spiro atoms. The second kappa shape index (κ2) is 6.97. The number of thioether (sulfide) groups is 1. The van der Waals surface area contributed by atoms with Crippen LogP contribution in [-0.2, 0) is 6.42 Å². The molecule has 1 aromatic carbocycles. The normalized spacial score (nSPS) is 26.6. The molecule has 0 amide bonds. The zero-order chi connectivity index (χ0) is 13.8. The van der Waals surface area contributed by atoms with Crippen LogP contribution < -0.4 is 5.32 Å². The number of rotatable bonds is 5. The molecule has 2 unspecified atom stereocenters. The Balaban J connectivity index is 1.49. The van der Waals surface area contributed by atoms with Crippen LogP contribution in [0.25, 0.3) is 0 Å². The first-order valence-corrected chi connectivity index (χ1v) is 8.90. The quantitative estimate of drug-likeness (QED) is 0.897. The SMILES string of the molecule is CCNCC1CCCN(CC2Cc3ccccc3S2)C1. The van der Waals surface area contributed by atoms with Gasteiger partial charge in [0.25, 0.3) is 0 Å². The fourth-order valence-corrected chi connectivity index (χ4v) is 4.84. The Morgan fingerprint density at radius 1 is 1.35 bits per heavy atom. The summed E-state index contributed by atoms with van der Waals surface area (Å²) >= 11 is 2.09. The van der Waals surface area contributed by atoms with Gasteiger partial charge in [-0.3, -0.25) is 0 Å². The molecule has 20 heavy (non-hydrogen) atoms. The Bertz CT molecular complexity index is 410. The van der Waals surface area contributed by atoms with Gasteiger partial charge >= 0.3 is 0 Å². The van der Waals surface area contributed by atoms with Gasteiger partial charge in [-0.15, -0.1) is 11.8 Å². The Hall–Kier alpha value is -0.510. The van der Waals surface area contributed by atoms with Crippen molar-refractivity contribution in [3.8, 4) is 0 Å². The highest BCUT2D eigenvalue weighted by atomic mass is 32.2. The van der Waals surface area contributed by atoms with Gasteiger partial charge in [-0.1, -0.05) is 25.1 Å². The molecular weight excluding hydrogens is 264 g/mol. The maximum absolute atomic E-state index is 3.51. The van der Waals surface area contributed by atoms with Crippen LogP contribution in [0.4, 0.5) is 0 Å². The molecule has 0 bridgehead atoms. The number of fused-ring (bicyclic) bond motifs is 1. The standard InChI is InChI=1S/C17H26N2S/c1-2-18-11-14-6-5-9-19(12-14)13-16-10-15-7-3-4-8-17(15)20-16/h3-4,7-8,14,16,18H,2,5-6,9-13H2,1H3. The van der Waals surface area contributed by atoms with Crippen molar-refractivity contribution in [2.75, 3.05) is 32.7 Å². The average molecular weight is 290 g/mol. The first-order chi connectivity index (χ1) is 9.85. The molecule has 2 atom stereocenters. The zero-order valence-corrected chi connectivity index (χ0v) is 13.3. The summed E-state index contributed by atoms with van der Waals surface area (Å²) in [5.41, 5.74) is 1.56. The van der Waals surface area contributed by atoms with Crippen LogP contribution >= 0.6 is 11.8 Å². The number of hydrogen-bond acceptors (Lipinski definition) is 3. The van der Waals surface area contributed by atoms with E-state index in [4.69, 9.17) is 0 Å². The molecule has 1 fully saturated rings. The minimum Gasteiger partial charge on any atom is -0.317 e. The van der Waals surface area contributed by atoms with Crippen molar-refractivity contribution < 1.29 is 0 Å². The van der Waals surface area contributed by atoms with Gasteiger partial charge in [-0.25, -0.2) is 0 Å². The monoisotopic (exact) mass is 290 g/mol. The van der Waals surface area contributed by atoms with Gasteiger partial charge in [-0.2, -0.15) is 0 Å². The predicted molar refractivity (Wildman–Crippen MR) is 87.5 cm³/mol. The largest absolute Gasteiger partial charge is 0.317 e. The lowest BCUT2D eigenvalue weighted by Gasteiger charge is -2.34. The van der Waals surface area contributed by atoms with Crippen molar-refractivity contribution in [3.63, 3.8) is 0 Å². The van der Waals surface area contributed by atoms with Gasteiger partial charge < -0.3 is 10.2 Å². The van der Waals surface area contributed by atoms with Crippen LogP contribution in [-0.4, -0.2) is 42.9 Å². The van der Waals surface area contributed by atoms with Gasteiger partial charge in [0.1, 0.15) is 0 Å². The van der Waals surface area contributed by atoms with Crippen LogP contribution in [0.15, 0.2) is 29.2 Å². The molecule has 2 nitrogen and oxygen atoms in total. The highest BCUT2D eigenvalue weighted by Gasteiger charge is 2.26. The lowest BCUT2D eigenvalue weighted by molar-refractivity contribution is 0.173. The van der Waals surface area contributed by atoms with E-state index in [0.717, 1.165) is 17.7 Å². The number of hydrogen-bond donors (Lipinski definition) is 1. The smallest absolute Gasteiger partial charge is 0.0263 e. The summed E-state index contributed by atoms with van der Waals surface area (Å²) in [5.74, 6) is 0.859. The Morgan fingerprint density at radius 3 is 3.10 bits per heavy atom. The second-order valence-corrected chi connectivity index (χ2v) is 7.47. The van der Waals surface area contributed by atoms with Crippen molar-refractivity contribution in [2.24, 2.45) is 5.92 Å². The highest BCUT2D eigenvalue weighted by Crippen LogP contribution is 2.37. The highest BCUT2D eigenvalue weighted by molar-refractivity contribution is 8.00. The summed E-state index contributed by atoms with van der Waals surface area (Å²) in [6, 6.07) is 8.92. The van der Waals surface area contributed by atoms with E-state index in [1.165, 1.54) is 50.3 Å². The number of nitrogens with zero attached hydrogens (tertiary/aromatic N) is 1. The molecular formula is C17H26N2S. The minimum atomic E-state index is 0.769. The third-order valence-electron chi connectivity index (χ3n) is 4.46. The molecule has 3 rings (SSSR count). The van der Waals surface area contributed by atoms with Crippen LogP contribution in [0.2, 0.25) is 0 Å². The molecule has 1 aromatic rings. The first kappa shape index (κ1) is 14.4. The molecule has 2 aliphatic rings. The van der Waals surface area contributed by atoms with Crippen molar-refractivity contribution in [1.29, 1.82) is 0 Å². The maximum Gasteiger partial charge on any atom is 0.0263 e. The van der Waals surface area contributed by atoms with Crippen molar-refractivity contribution >= 4 is 11.8 Å². The molecule has 110 valence electrons. The van der Waals surface area contributed by atoms with E-state index in [1.54, 1.807) is 5.56 Å². The van der Waals surface area contributed by atoms with Crippen LogP contribution in [0, 0.1) is 5.92 Å². The number of likely N-dealkylation sites (tertiary alicyclic amines) is 1. The van der Waals surface area contributed by atoms with Gasteiger partial charge in [0, 0.05) is 23.2 Å². The van der Waals surface area contributed by atoms with Crippen molar-refractivity contribution in [3.05, 3.63) is 29.8 Å². The van der Waals surface area contributed by atoms with Gasteiger partial charge in [0.2, 0.25) is 0 Å². The second-order valence-electron chi connectivity index (χ2n) is 6.13. The van der Waals surface area contributed by atoms with Crippen LogP contribution in [0.5, 0.6) is 0 Å². The van der Waals surface area contributed by atoms with E-state index < -0.39 is 0 Å². The summed E-state index contributed by atoms with van der Waals surface area (Å²) in [6.45, 7) is 8.36. The molecule has 0 aromatic heterocycles. The Morgan fingerprint density at radius 2 is 2.25 bits per heavy atom. The zero-order valence-electron chi connectivity index (χ0n) is 12.5. The third kappa shape index (κ3) is 3.57. The first-order valence-electron chi connectivity index (χ1n) is 8.02. The van der Waals surface area contributed by atoms with Gasteiger partial charge in [0.05, 0.1) is 0 Å². The summed E-state index contributed by atoms with van der Waals surface area (Å²) in [6.07, 6.45) is 4.04. The van der Waals surface area contributed by atoms with E-state index in [-0.39, 0.29) is 0 Å². The third-order valence-corrected chi connectivity index (χ3v) is 5.76. The van der Waals surface area contributed by atoms with E-state index in [0.29, 0.717) is 0 Å². The van der Waals surface area contributed by atoms with E-state index in [2.05, 4.69) is 53.2 Å².